The van der Waals surface area contributed by atoms with Gasteiger partial charge >= 0.3 is 0 Å². The van der Waals surface area contributed by atoms with E-state index in [-0.39, 0.29) is 48.1 Å². The van der Waals surface area contributed by atoms with Crippen LogP contribution in [0.25, 0.3) is 11.3 Å². The molecule has 4 aromatic rings. The van der Waals surface area contributed by atoms with Crippen LogP contribution in [0.2, 0.25) is 0 Å². The van der Waals surface area contributed by atoms with Crippen LogP contribution < -0.4 is 25.2 Å². The SMILES string of the molecule is Cc1cc2cc(n1)-c1cnn(C)c1OCCC[C@@H](C)CN1/C(=N/C2=O)Nc2ccc(CN3CCN(C(=O)[C@@H]4CCN(c5cc(F)c([C@H]6CCC(=O)NC6=O)c(F)c5)C4)[C@H](C)C3)cc21. The molecule has 15 nitrogen and oxygen atoms in total. The van der Waals surface area contributed by atoms with E-state index >= 15 is 8.78 Å². The highest BCUT2D eigenvalue weighted by Gasteiger charge is 2.38. The van der Waals surface area contributed by atoms with Gasteiger partial charge in [0.15, 0.2) is 0 Å². The number of piperidine rings is 1. The van der Waals surface area contributed by atoms with Crippen molar-refractivity contribution >= 4 is 46.7 Å². The Bertz CT molecular complexity index is 2500. The quantitative estimate of drug-likeness (QED) is 0.248. The van der Waals surface area contributed by atoms with Crippen LogP contribution in [0, 0.1) is 30.4 Å². The summed E-state index contributed by atoms with van der Waals surface area (Å²) < 4.78 is 38.6. The lowest BCUT2D eigenvalue weighted by Gasteiger charge is -2.41. The number of guanidine groups is 1. The highest BCUT2D eigenvalue weighted by atomic mass is 19.1. The third-order valence-electron chi connectivity index (χ3n) is 13.0. The van der Waals surface area contributed by atoms with Gasteiger partial charge in [0, 0.05) is 87.8 Å². The number of fused-ring (bicyclic) bond motifs is 7. The number of hydrogen-bond acceptors (Lipinski definition) is 11. The number of halogens is 2. The van der Waals surface area contributed by atoms with Gasteiger partial charge in [-0.1, -0.05) is 13.0 Å². The van der Waals surface area contributed by atoms with E-state index < -0.39 is 29.4 Å². The van der Waals surface area contributed by atoms with Crippen molar-refractivity contribution in [3.63, 3.8) is 0 Å². The molecule has 0 aliphatic carbocycles. The van der Waals surface area contributed by atoms with Crippen LogP contribution in [0.15, 0.2) is 53.7 Å². The van der Waals surface area contributed by atoms with E-state index in [4.69, 9.17) is 9.72 Å². The number of nitrogens with one attached hydrogen (secondary N) is 2. The average Bonchev–Trinajstić information content (AvgIpc) is 3.97. The molecule has 17 heteroatoms. The molecule has 7 heterocycles. The van der Waals surface area contributed by atoms with Crippen LogP contribution >= 0.6 is 0 Å². The molecular formula is C46H52F2N10O5. The molecule has 2 aromatic heterocycles. The van der Waals surface area contributed by atoms with Crippen LogP contribution in [-0.2, 0) is 28.0 Å². The molecule has 3 fully saturated rings. The Hall–Kier alpha value is -6.23. The number of pyridine rings is 1. The van der Waals surface area contributed by atoms with Crippen molar-refractivity contribution in [2.45, 2.75) is 71.4 Å². The first-order valence-corrected chi connectivity index (χ1v) is 21.8. The molecule has 2 aromatic carbocycles. The predicted octanol–water partition coefficient (Wildman–Crippen LogP) is 5.39. The normalized spacial score (nSPS) is 24.0. The van der Waals surface area contributed by atoms with Crippen molar-refractivity contribution in [1.82, 2.24) is 29.9 Å². The standard InChI is InChI=1S/C46H52F2N10O5/c1-26-6-5-15-63-45-34(21-49-54(45)4)38-18-31(16-27(2)50-38)42(60)53-46-51-37-9-7-29(17-39(37)58(46)22-26)24-55-13-14-57(28(3)23-55)44(62)30-11-12-56(25-30)32-19-35(47)41(36(48)20-32)33-8-10-40(59)52-43(33)61/h7,9,16-21,26,28,30,33H,5-6,8,10-15,22-25H2,1-4H3,(H,51,53,60)(H,52,59,61)/t26-,28-,30-,33-/m1/s1. The monoisotopic (exact) mass is 862 g/mol. The summed E-state index contributed by atoms with van der Waals surface area (Å²) in [6, 6.07) is 12.2. The number of carbonyl (C=O) groups is 4. The minimum Gasteiger partial charge on any atom is -0.477 e. The number of carbonyl (C=O) groups excluding carboxylic acids is 4. The van der Waals surface area contributed by atoms with E-state index in [1.54, 1.807) is 23.0 Å². The molecule has 0 spiro atoms. The molecule has 9 rings (SSSR count). The Morgan fingerprint density at radius 2 is 1.75 bits per heavy atom. The zero-order valence-electron chi connectivity index (χ0n) is 36.0. The summed E-state index contributed by atoms with van der Waals surface area (Å²) in [5.74, 6) is -3.21. The number of ether oxygens (including phenoxy) is 1. The maximum Gasteiger partial charge on any atom is 0.280 e. The number of imide groups is 1. The summed E-state index contributed by atoms with van der Waals surface area (Å²) in [7, 11) is 1.83. The summed E-state index contributed by atoms with van der Waals surface area (Å²) in [5, 5.41) is 9.99. The lowest BCUT2D eigenvalue weighted by atomic mass is 9.89. The lowest BCUT2D eigenvalue weighted by molar-refractivity contribution is -0.139. The first-order valence-electron chi connectivity index (χ1n) is 21.8. The number of nitrogens with zero attached hydrogens (tertiary/aromatic N) is 8. The molecule has 0 saturated carbocycles. The minimum absolute atomic E-state index is 0.0196. The molecule has 0 radical (unpaired) electrons. The van der Waals surface area contributed by atoms with E-state index in [0.29, 0.717) is 93.3 Å². The van der Waals surface area contributed by atoms with E-state index in [0.717, 1.165) is 35.3 Å². The average molecular weight is 863 g/mol. The van der Waals surface area contributed by atoms with Gasteiger partial charge < -0.3 is 24.8 Å². The smallest absolute Gasteiger partial charge is 0.280 e. The molecule has 63 heavy (non-hydrogen) atoms. The fourth-order valence-corrected chi connectivity index (χ4v) is 9.70. The Morgan fingerprint density at radius 3 is 2.52 bits per heavy atom. The van der Waals surface area contributed by atoms with Gasteiger partial charge in [0.2, 0.25) is 29.6 Å². The molecule has 2 bridgehead atoms. The van der Waals surface area contributed by atoms with Gasteiger partial charge in [-0.25, -0.2) is 13.5 Å². The van der Waals surface area contributed by atoms with Crippen molar-refractivity contribution < 1.29 is 32.7 Å². The third-order valence-corrected chi connectivity index (χ3v) is 13.0. The molecule has 5 aliphatic rings. The van der Waals surface area contributed by atoms with Crippen LogP contribution in [0.3, 0.4) is 0 Å². The van der Waals surface area contributed by atoms with Gasteiger partial charge in [-0.15, -0.1) is 0 Å². The summed E-state index contributed by atoms with van der Waals surface area (Å²) in [5.41, 5.74) is 5.35. The van der Waals surface area contributed by atoms with Gasteiger partial charge in [0.05, 0.1) is 47.3 Å². The molecule has 0 unspecified atom stereocenters. The fraction of sp³-hybridized carbons (Fsp3) is 0.457. The Balaban J connectivity index is 0.854. The van der Waals surface area contributed by atoms with Crippen LogP contribution in [-0.4, -0.2) is 106 Å². The van der Waals surface area contributed by atoms with Crippen molar-refractivity contribution in [3.8, 4) is 17.1 Å². The van der Waals surface area contributed by atoms with Gasteiger partial charge in [0.25, 0.3) is 5.91 Å². The number of hydrogen-bond donors (Lipinski definition) is 2. The number of amides is 4. The number of aliphatic imine (C=N–C) groups is 1. The number of anilines is 3. The first-order chi connectivity index (χ1) is 30.3. The summed E-state index contributed by atoms with van der Waals surface area (Å²) in [6.07, 6.45) is 4.05. The van der Waals surface area contributed by atoms with Crippen molar-refractivity contribution in [2.24, 2.45) is 23.9 Å². The minimum atomic E-state index is -1.07. The Kier molecular flexibility index (Phi) is 11.5. The predicted molar refractivity (Wildman–Crippen MR) is 232 cm³/mol. The molecule has 2 N–H and O–H groups in total. The second-order valence-corrected chi connectivity index (χ2v) is 17.7. The molecule has 3 saturated heterocycles. The summed E-state index contributed by atoms with van der Waals surface area (Å²) in [4.78, 5) is 69.3. The van der Waals surface area contributed by atoms with Gasteiger partial charge in [0.1, 0.15) is 11.6 Å². The number of benzene rings is 2. The van der Waals surface area contributed by atoms with Gasteiger partial charge in [-0.05, 0) is 87.4 Å². The van der Waals surface area contributed by atoms with E-state index in [1.165, 1.54) is 12.1 Å². The number of aromatic nitrogens is 3. The second kappa shape index (κ2) is 17.1. The van der Waals surface area contributed by atoms with Gasteiger partial charge in [-0.3, -0.25) is 34.4 Å². The highest BCUT2D eigenvalue weighted by molar-refractivity contribution is 6.19. The summed E-state index contributed by atoms with van der Waals surface area (Å²) >= 11 is 0. The Labute approximate surface area is 364 Å². The second-order valence-electron chi connectivity index (χ2n) is 17.7. The van der Waals surface area contributed by atoms with Crippen molar-refractivity contribution in [1.29, 1.82) is 0 Å². The zero-order valence-corrected chi connectivity index (χ0v) is 36.0. The van der Waals surface area contributed by atoms with Crippen LogP contribution in [0.5, 0.6) is 5.88 Å². The molecule has 5 aliphatic heterocycles. The maximum atomic E-state index is 15.3. The molecule has 4 amide bonds. The molecule has 4 atom stereocenters. The van der Waals surface area contributed by atoms with E-state index in [2.05, 4.69) is 56.5 Å². The molecular weight excluding hydrogens is 811 g/mol. The number of rotatable bonds is 5. The third kappa shape index (κ3) is 8.50. The fourth-order valence-electron chi connectivity index (χ4n) is 9.70. The largest absolute Gasteiger partial charge is 0.477 e. The first kappa shape index (κ1) is 42.1. The molecule has 330 valence electrons. The Morgan fingerprint density at radius 1 is 0.937 bits per heavy atom. The van der Waals surface area contributed by atoms with Crippen LogP contribution in [0.1, 0.15) is 79.0 Å². The van der Waals surface area contributed by atoms with Crippen LogP contribution in [0.4, 0.5) is 25.8 Å². The van der Waals surface area contributed by atoms with Crippen molar-refractivity contribution in [2.75, 3.05) is 61.0 Å². The highest BCUT2D eigenvalue weighted by Crippen LogP contribution is 2.37. The van der Waals surface area contributed by atoms with E-state index in [9.17, 15) is 19.2 Å². The number of piperazine rings is 1. The van der Waals surface area contributed by atoms with Crippen molar-refractivity contribution in [3.05, 3.63) is 82.7 Å². The van der Waals surface area contributed by atoms with E-state index in [1.807, 2.05) is 29.8 Å². The number of aryl methyl sites for hydroxylation is 2. The van der Waals surface area contributed by atoms with Gasteiger partial charge in [-0.2, -0.15) is 10.1 Å². The topological polar surface area (TPSA) is 158 Å². The zero-order chi connectivity index (χ0) is 44.1. The summed E-state index contributed by atoms with van der Waals surface area (Å²) in [6.45, 7) is 10.6. The lowest BCUT2D eigenvalue weighted by Crippen LogP contribution is -2.55. The maximum absolute atomic E-state index is 15.3.